The molecule has 1 atom stereocenters. The van der Waals surface area contributed by atoms with Gasteiger partial charge in [0, 0.05) is 5.56 Å². The van der Waals surface area contributed by atoms with Gasteiger partial charge in [-0.05, 0) is 42.3 Å². The fourth-order valence-electron chi connectivity index (χ4n) is 2.09. The lowest BCUT2D eigenvalue weighted by Gasteiger charge is -2.17. The van der Waals surface area contributed by atoms with E-state index in [1.165, 1.54) is 18.2 Å². The molecule has 0 saturated carbocycles. The molecule has 2 rings (SSSR count). The van der Waals surface area contributed by atoms with Crippen LogP contribution in [0.2, 0.25) is 0 Å². The summed E-state index contributed by atoms with van der Waals surface area (Å²) >= 11 is 0. The Balaban J connectivity index is 2.47. The Morgan fingerprint density at radius 1 is 1.11 bits per heavy atom. The van der Waals surface area contributed by atoms with Gasteiger partial charge in [0.25, 0.3) is 0 Å². The van der Waals surface area contributed by atoms with Crippen molar-refractivity contribution in [3.8, 4) is 5.75 Å². The van der Waals surface area contributed by atoms with E-state index in [0.717, 1.165) is 5.56 Å². The molecule has 0 spiro atoms. The molecule has 0 aliphatic rings. The number of hydrogen-bond acceptors (Lipinski definition) is 2. The number of ether oxygens (including phenoxy) is 1. The summed E-state index contributed by atoms with van der Waals surface area (Å²) in [7, 11) is 1.56. The minimum atomic E-state index is -0.841. The molecule has 0 heterocycles. The third-order valence-corrected chi connectivity index (χ3v) is 3.12. The van der Waals surface area contributed by atoms with Crippen molar-refractivity contribution in [1.29, 1.82) is 0 Å². The van der Waals surface area contributed by atoms with Gasteiger partial charge in [0.2, 0.25) is 0 Å². The molecule has 2 nitrogen and oxygen atoms in total. The van der Waals surface area contributed by atoms with Crippen LogP contribution >= 0.6 is 0 Å². The summed E-state index contributed by atoms with van der Waals surface area (Å²) in [6.45, 7) is 1.83. The second kappa shape index (κ2) is 5.36. The van der Waals surface area contributed by atoms with Crippen LogP contribution in [0.4, 0.5) is 8.78 Å². The van der Waals surface area contributed by atoms with Crippen LogP contribution in [0.3, 0.4) is 0 Å². The normalized spacial score (nSPS) is 12.3. The predicted molar refractivity (Wildman–Crippen MR) is 70.1 cm³/mol. The van der Waals surface area contributed by atoms with E-state index < -0.39 is 17.7 Å². The Morgan fingerprint density at radius 2 is 1.74 bits per heavy atom. The second-order valence-corrected chi connectivity index (χ2v) is 4.34. The SMILES string of the molecule is COc1ccc(C(N)c2c(F)cccc2F)c(C)c1. The van der Waals surface area contributed by atoms with Crippen molar-refractivity contribution in [3.05, 3.63) is 64.7 Å². The maximum Gasteiger partial charge on any atom is 0.131 e. The molecule has 0 aliphatic carbocycles. The largest absolute Gasteiger partial charge is 0.497 e. The van der Waals surface area contributed by atoms with E-state index in [9.17, 15) is 8.78 Å². The van der Waals surface area contributed by atoms with E-state index in [4.69, 9.17) is 10.5 Å². The van der Waals surface area contributed by atoms with Gasteiger partial charge in [-0.25, -0.2) is 8.78 Å². The highest BCUT2D eigenvalue weighted by Gasteiger charge is 2.19. The average molecular weight is 263 g/mol. The van der Waals surface area contributed by atoms with E-state index in [-0.39, 0.29) is 5.56 Å². The fraction of sp³-hybridized carbons (Fsp3) is 0.200. The van der Waals surface area contributed by atoms with Crippen molar-refractivity contribution in [3.63, 3.8) is 0 Å². The molecule has 4 heteroatoms. The fourth-order valence-corrected chi connectivity index (χ4v) is 2.09. The number of nitrogens with two attached hydrogens (primary N) is 1. The smallest absolute Gasteiger partial charge is 0.131 e. The van der Waals surface area contributed by atoms with Crippen LogP contribution in [0.15, 0.2) is 36.4 Å². The Labute approximate surface area is 110 Å². The summed E-state index contributed by atoms with van der Waals surface area (Å²) in [6.07, 6.45) is 0. The summed E-state index contributed by atoms with van der Waals surface area (Å²) in [5.74, 6) is -0.590. The molecule has 0 aromatic heterocycles. The van der Waals surface area contributed by atoms with Crippen LogP contribution in [0.5, 0.6) is 5.75 Å². The van der Waals surface area contributed by atoms with Crippen molar-refractivity contribution in [2.45, 2.75) is 13.0 Å². The number of benzene rings is 2. The first-order valence-corrected chi connectivity index (χ1v) is 5.88. The quantitative estimate of drug-likeness (QED) is 0.921. The molecule has 0 saturated heterocycles. The molecular formula is C15H15F2NO. The van der Waals surface area contributed by atoms with Crippen LogP contribution in [0.1, 0.15) is 22.7 Å². The zero-order chi connectivity index (χ0) is 14.0. The average Bonchev–Trinajstić information content (AvgIpc) is 2.38. The lowest BCUT2D eigenvalue weighted by atomic mass is 9.95. The van der Waals surface area contributed by atoms with Gasteiger partial charge in [-0.15, -0.1) is 0 Å². The summed E-state index contributed by atoms with van der Waals surface area (Å²) in [4.78, 5) is 0. The van der Waals surface area contributed by atoms with Gasteiger partial charge in [-0.3, -0.25) is 0 Å². The third kappa shape index (κ3) is 2.58. The van der Waals surface area contributed by atoms with Gasteiger partial charge in [0.1, 0.15) is 17.4 Å². The molecule has 0 bridgehead atoms. The van der Waals surface area contributed by atoms with E-state index in [1.54, 1.807) is 25.3 Å². The first kappa shape index (κ1) is 13.5. The van der Waals surface area contributed by atoms with Gasteiger partial charge in [0.05, 0.1) is 13.2 Å². The molecule has 1 unspecified atom stereocenters. The lowest BCUT2D eigenvalue weighted by molar-refractivity contribution is 0.414. The van der Waals surface area contributed by atoms with Crippen molar-refractivity contribution in [1.82, 2.24) is 0 Å². The van der Waals surface area contributed by atoms with Gasteiger partial charge in [-0.2, -0.15) is 0 Å². The van der Waals surface area contributed by atoms with Gasteiger partial charge < -0.3 is 10.5 Å². The highest BCUT2D eigenvalue weighted by molar-refractivity contribution is 5.41. The van der Waals surface area contributed by atoms with Crippen LogP contribution in [0, 0.1) is 18.6 Å². The number of halogens is 2. The Morgan fingerprint density at radius 3 is 2.26 bits per heavy atom. The molecule has 2 N–H and O–H groups in total. The zero-order valence-corrected chi connectivity index (χ0v) is 10.8. The number of rotatable bonds is 3. The molecule has 19 heavy (non-hydrogen) atoms. The van der Waals surface area contributed by atoms with E-state index in [0.29, 0.717) is 11.3 Å². The van der Waals surface area contributed by atoms with Crippen molar-refractivity contribution in [2.75, 3.05) is 7.11 Å². The topological polar surface area (TPSA) is 35.2 Å². The molecule has 0 aliphatic heterocycles. The Kier molecular flexibility index (Phi) is 3.81. The van der Waals surface area contributed by atoms with Crippen molar-refractivity contribution < 1.29 is 13.5 Å². The minimum Gasteiger partial charge on any atom is -0.497 e. The zero-order valence-electron chi connectivity index (χ0n) is 10.8. The van der Waals surface area contributed by atoms with Crippen LogP contribution in [-0.2, 0) is 0 Å². The molecule has 0 amide bonds. The van der Waals surface area contributed by atoms with Gasteiger partial charge in [0.15, 0.2) is 0 Å². The third-order valence-electron chi connectivity index (χ3n) is 3.12. The summed E-state index contributed by atoms with van der Waals surface area (Å²) < 4.78 is 32.5. The summed E-state index contributed by atoms with van der Waals surface area (Å²) in [6, 6.07) is 8.13. The number of methoxy groups -OCH3 is 1. The highest BCUT2D eigenvalue weighted by atomic mass is 19.1. The van der Waals surface area contributed by atoms with Crippen molar-refractivity contribution in [2.24, 2.45) is 5.73 Å². The Hall–Kier alpha value is -1.94. The van der Waals surface area contributed by atoms with E-state index in [1.807, 2.05) is 6.92 Å². The first-order chi connectivity index (χ1) is 9.04. The van der Waals surface area contributed by atoms with Crippen LogP contribution < -0.4 is 10.5 Å². The molecule has 0 fully saturated rings. The standard InChI is InChI=1S/C15H15F2NO/c1-9-8-10(19-2)6-7-11(9)15(18)14-12(16)4-3-5-13(14)17/h3-8,15H,18H2,1-2H3. The van der Waals surface area contributed by atoms with E-state index in [2.05, 4.69) is 0 Å². The summed E-state index contributed by atoms with van der Waals surface area (Å²) in [5, 5.41) is 0. The van der Waals surface area contributed by atoms with Gasteiger partial charge in [-0.1, -0.05) is 12.1 Å². The van der Waals surface area contributed by atoms with Gasteiger partial charge >= 0.3 is 0 Å². The van der Waals surface area contributed by atoms with Crippen LogP contribution in [0.25, 0.3) is 0 Å². The van der Waals surface area contributed by atoms with E-state index >= 15 is 0 Å². The monoisotopic (exact) mass is 263 g/mol. The predicted octanol–water partition coefficient (Wildman–Crippen LogP) is 3.33. The van der Waals surface area contributed by atoms with Crippen LogP contribution in [-0.4, -0.2) is 7.11 Å². The first-order valence-electron chi connectivity index (χ1n) is 5.88. The minimum absolute atomic E-state index is 0.115. The highest BCUT2D eigenvalue weighted by Crippen LogP contribution is 2.28. The molecule has 100 valence electrons. The lowest BCUT2D eigenvalue weighted by Crippen LogP contribution is -2.16. The maximum atomic E-state index is 13.7. The number of hydrogen-bond donors (Lipinski definition) is 1. The summed E-state index contributed by atoms with van der Waals surface area (Å²) in [5.41, 5.74) is 7.37. The molecule has 0 radical (unpaired) electrons. The number of aryl methyl sites for hydroxylation is 1. The molecule has 2 aromatic carbocycles. The maximum absolute atomic E-state index is 13.7. The molecular weight excluding hydrogens is 248 g/mol. The Bertz CT molecular complexity index is 578. The molecule has 2 aromatic rings. The van der Waals surface area contributed by atoms with Crippen molar-refractivity contribution >= 4 is 0 Å². The second-order valence-electron chi connectivity index (χ2n) is 4.34.